The molecule has 3 aromatic rings. The summed E-state index contributed by atoms with van der Waals surface area (Å²) in [5, 5.41) is 4.01. The third-order valence-corrected chi connectivity index (χ3v) is 5.12. The summed E-state index contributed by atoms with van der Waals surface area (Å²) in [5.74, 6) is 0.266. The highest BCUT2D eigenvalue weighted by Crippen LogP contribution is 2.29. The highest BCUT2D eigenvalue weighted by Gasteiger charge is 2.29. The van der Waals surface area contributed by atoms with E-state index in [4.69, 9.17) is 9.26 Å². The summed E-state index contributed by atoms with van der Waals surface area (Å²) in [6.45, 7) is 5.59. The van der Waals surface area contributed by atoms with Gasteiger partial charge in [0.25, 0.3) is 0 Å². The Labute approximate surface area is 161 Å². The summed E-state index contributed by atoms with van der Waals surface area (Å²) in [6, 6.07) is 11.1. The van der Waals surface area contributed by atoms with Crippen LogP contribution >= 0.6 is 0 Å². The van der Waals surface area contributed by atoms with E-state index in [9.17, 15) is 8.78 Å². The van der Waals surface area contributed by atoms with Crippen LogP contribution in [0, 0.1) is 18.6 Å². The van der Waals surface area contributed by atoms with Gasteiger partial charge in [0.2, 0.25) is 11.7 Å². The number of rotatable bonds is 4. The molecule has 1 aromatic heterocycles. The second kappa shape index (κ2) is 7.77. The van der Waals surface area contributed by atoms with E-state index >= 15 is 0 Å². The SMILES string of the molecule is Cc1ccc(-c2noc(C(C)N3CCOC(c4ccc(F)cc4)C3)n2)cc1F. The molecule has 4 rings (SSSR count). The summed E-state index contributed by atoms with van der Waals surface area (Å²) in [7, 11) is 0. The quantitative estimate of drug-likeness (QED) is 0.664. The second-order valence-electron chi connectivity index (χ2n) is 7.00. The Hall–Kier alpha value is -2.64. The molecule has 2 atom stereocenters. The molecule has 146 valence electrons. The number of hydrogen-bond acceptors (Lipinski definition) is 5. The van der Waals surface area contributed by atoms with E-state index in [1.54, 1.807) is 31.2 Å². The molecule has 0 spiro atoms. The number of halogens is 2. The third kappa shape index (κ3) is 3.81. The summed E-state index contributed by atoms with van der Waals surface area (Å²) in [6.07, 6.45) is -0.148. The number of aryl methyl sites for hydroxylation is 1. The molecule has 2 aromatic carbocycles. The fraction of sp³-hybridized carbons (Fsp3) is 0.333. The van der Waals surface area contributed by atoms with Crippen LogP contribution in [0.4, 0.5) is 8.78 Å². The molecule has 1 fully saturated rings. The van der Waals surface area contributed by atoms with Crippen molar-refractivity contribution in [3.8, 4) is 11.4 Å². The van der Waals surface area contributed by atoms with Gasteiger partial charge in [-0.1, -0.05) is 29.4 Å². The Morgan fingerprint density at radius 3 is 2.68 bits per heavy atom. The first-order chi connectivity index (χ1) is 13.5. The zero-order valence-corrected chi connectivity index (χ0v) is 15.7. The lowest BCUT2D eigenvalue weighted by atomic mass is 10.1. The molecule has 0 bridgehead atoms. The monoisotopic (exact) mass is 385 g/mol. The van der Waals surface area contributed by atoms with Gasteiger partial charge in [0, 0.05) is 18.7 Å². The molecule has 0 radical (unpaired) electrons. The number of nitrogens with zero attached hydrogens (tertiary/aromatic N) is 3. The molecule has 1 aliphatic rings. The molecule has 0 N–H and O–H groups in total. The minimum Gasteiger partial charge on any atom is -0.371 e. The van der Waals surface area contributed by atoms with E-state index in [1.807, 2.05) is 6.92 Å². The number of morpholine rings is 1. The van der Waals surface area contributed by atoms with Gasteiger partial charge in [-0.2, -0.15) is 4.98 Å². The predicted molar refractivity (Wildman–Crippen MR) is 99.5 cm³/mol. The minimum absolute atomic E-state index is 0.122. The normalized spacial score (nSPS) is 18.9. The molecule has 0 aliphatic carbocycles. The maximum absolute atomic E-state index is 13.8. The third-order valence-electron chi connectivity index (χ3n) is 5.12. The van der Waals surface area contributed by atoms with Crippen molar-refractivity contribution in [1.82, 2.24) is 15.0 Å². The zero-order chi connectivity index (χ0) is 19.7. The first-order valence-corrected chi connectivity index (χ1v) is 9.22. The van der Waals surface area contributed by atoms with Gasteiger partial charge < -0.3 is 9.26 Å². The molecule has 1 aliphatic heterocycles. The van der Waals surface area contributed by atoms with Crippen LogP contribution in [0.5, 0.6) is 0 Å². The van der Waals surface area contributed by atoms with Crippen LogP contribution in [0.15, 0.2) is 47.0 Å². The Balaban J connectivity index is 1.49. The largest absolute Gasteiger partial charge is 0.371 e. The van der Waals surface area contributed by atoms with Gasteiger partial charge in [-0.05, 0) is 43.2 Å². The van der Waals surface area contributed by atoms with Crippen molar-refractivity contribution in [3.05, 3.63) is 71.1 Å². The van der Waals surface area contributed by atoms with E-state index in [1.165, 1.54) is 18.2 Å². The summed E-state index contributed by atoms with van der Waals surface area (Å²) in [4.78, 5) is 6.64. The van der Waals surface area contributed by atoms with Gasteiger partial charge in [0.05, 0.1) is 18.8 Å². The smallest absolute Gasteiger partial charge is 0.244 e. The molecule has 0 saturated carbocycles. The molecular formula is C21H21F2N3O2. The highest BCUT2D eigenvalue weighted by atomic mass is 19.1. The number of ether oxygens (including phenoxy) is 1. The van der Waals surface area contributed by atoms with E-state index in [0.29, 0.717) is 36.0 Å². The van der Waals surface area contributed by atoms with Gasteiger partial charge in [-0.25, -0.2) is 8.78 Å². The fourth-order valence-corrected chi connectivity index (χ4v) is 3.31. The van der Waals surface area contributed by atoms with Gasteiger partial charge in [0.1, 0.15) is 11.6 Å². The lowest BCUT2D eigenvalue weighted by Gasteiger charge is -2.35. The Kier molecular flexibility index (Phi) is 5.19. The Morgan fingerprint density at radius 2 is 1.93 bits per heavy atom. The van der Waals surface area contributed by atoms with Crippen LogP contribution in [0.25, 0.3) is 11.4 Å². The average molecular weight is 385 g/mol. The maximum Gasteiger partial charge on any atom is 0.244 e. The van der Waals surface area contributed by atoms with Gasteiger partial charge >= 0.3 is 0 Å². The van der Waals surface area contributed by atoms with Gasteiger partial charge in [-0.3, -0.25) is 4.90 Å². The van der Waals surface area contributed by atoms with Crippen LogP contribution in [0.1, 0.15) is 36.1 Å². The number of hydrogen-bond donors (Lipinski definition) is 0. The lowest BCUT2D eigenvalue weighted by Crippen LogP contribution is -2.40. The molecule has 28 heavy (non-hydrogen) atoms. The van der Waals surface area contributed by atoms with Crippen molar-refractivity contribution >= 4 is 0 Å². The molecule has 2 unspecified atom stereocenters. The van der Waals surface area contributed by atoms with Crippen molar-refractivity contribution in [2.75, 3.05) is 19.7 Å². The molecule has 5 nitrogen and oxygen atoms in total. The van der Waals surface area contributed by atoms with Crippen LogP contribution in [-0.2, 0) is 4.74 Å². The minimum atomic E-state index is -0.299. The maximum atomic E-state index is 13.8. The molecule has 0 amide bonds. The van der Waals surface area contributed by atoms with Crippen LogP contribution in [-0.4, -0.2) is 34.7 Å². The van der Waals surface area contributed by atoms with Crippen molar-refractivity contribution in [3.63, 3.8) is 0 Å². The van der Waals surface area contributed by atoms with Crippen LogP contribution < -0.4 is 0 Å². The van der Waals surface area contributed by atoms with Gasteiger partial charge in [0.15, 0.2) is 0 Å². The number of aromatic nitrogens is 2. The van der Waals surface area contributed by atoms with E-state index in [0.717, 1.165) is 12.1 Å². The number of benzene rings is 2. The molecule has 1 saturated heterocycles. The molecule has 2 heterocycles. The summed E-state index contributed by atoms with van der Waals surface area (Å²) < 4.78 is 38.3. The van der Waals surface area contributed by atoms with Crippen LogP contribution in [0.2, 0.25) is 0 Å². The Bertz CT molecular complexity index is 959. The van der Waals surface area contributed by atoms with E-state index < -0.39 is 0 Å². The standard InChI is InChI=1S/C21H21F2N3O2/c1-13-3-4-16(11-18(13)23)20-24-21(28-25-20)14(2)26-9-10-27-19(12-26)15-5-7-17(22)8-6-15/h3-8,11,14,19H,9-10,12H2,1-2H3. The topological polar surface area (TPSA) is 51.4 Å². The highest BCUT2D eigenvalue weighted by molar-refractivity contribution is 5.55. The Morgan fingerprint density at radius 1 is 1.14 bits per heavy atom. The second-order valence-corrected chi connectivity index (χ2v) is 7.00. The van der Waals surface area contributed by atoms with E-state index in [-0.39, 0.29) is 23.8 Å². The van der Waals surface area contributed by atoms with Crippen molar-refractivity contribution in [1.29, 1.82) is 0 Å². The van der Waals surface area contributed by atoms with Crippen molar-refractivity contribution in [2.24, 2.45) is 0 Å². The average Bonchev–Trinajstić information content (AvgIpc) is 3.20. The molecule has 7 heteroatoms. The van der Waals surface area contributed by atoms with Crippen molar-refractivity contribution < 1.29 is 18.0 Å². The first kappa shape index (κ1) is 18.7. The first-order valence-electron chi connectivity index (χ1n) is 9.22. The molecular weight excluding hydrogens is 364 g/mol. The zero-order valence-electron chi connectivity index (χ0n) is 15.7. The summed E-state index contributed by atoms with van der Waals surface area (Å²) >= 11 is 0. The van der Waals surface area contributed by atoms with Crippen molar-refractivity contribution in [2.45, 2.75) is 26.0 Å². The predicted octanol–water partition coefficient (Wildman–Crippen LogP) is 4.46. The summed E-state index contributed by atoms with van der Waals surface area (Å²) in [5.41, 5.74) is 2.08. The fourth-order valence-electron chi connectivity index (χ4n) is 3.31. The van der Waals surface area contributed by atoms with E-state index in [2.05, 4.69) is 15.0 Å². The van der Waals surface area contributed by atoms with Crippen LogP contribution in [0.3, 0.4) is 0 Å². The lowest BCUT2D eigenvalue weighted by molar-refractivity contribution is -0.0469. The van der Waals surface area contributed by atoms with Gasteiger partial charge in [-0.15, -0.1) is 0 Å².